The smallest absolute Gasteiger partial charge is 0.253 e. The van der Waals surface area contributed by atoms with Gasteiger partial charge in [0.15, 0.2) is 0 Å². The van der Waals surface area contributed by atoms with Gasteiger partial charge in [-0.2, -0.15) is 11.8 Å². The van der Waals surface area contributed by atoms with E-state index < -0.39 is 17.3 Å². The molecule has 0 aliphatic carbocycles. The molecule has 0 bridgehead atoms. The number of primary amides is 1. The number of carbonyl (C=O) groups excluding carboxylic acids is 1. The van der Waals surface area contributed by atoms with E-state index in [0.29, 0.717) is 10.2 Å². The average Bonchev–Trinajstić information content (AvgIpc) is 2.24. The van der Waals surface area contributed by atoms with Gasteiger partial charge in [0.2, 0.25) is 0 Å². The van der Waals surface area contributed by atoms with Gasteiger partial charge in [-0.25, -0.2) is 4.39 Å². The zero-order valence-electron chi connectivity index (χ0n) is 10.7. The first-order chi connectivity index (χ1) is 8.76. The van der Waals surface area contributed by atoms with E-state index in [-0.39, 0.29) is 17.8 Å². The van der Waals surface area contributed by atoms with E-state index in [0.717, 1.165) is 0 Å². The van der Waals surface area contributed by atoms with E-state index in [1.165, 1.54) is 17.8 Å². The largest absolute Gasteiger partial charge is 0.387 e. The van der Waals surface area contributed by atoms with Gasteiger partial charge in [-0.05, 0) is 25.3 Å². The number of hydrogen-bond donors (Lipinski definition) is 3. The van der Waals surface area contributed by atoms with Crippen molar-refractivity contribution in [3.8, 4) is 0 Å². The van der Waals surface area contributed by atoms with Gasteiger partial charge in [-0.15, -0.1) is 0 Å². The SMILES string of the molecule is CSCC(C)(O)CNc1cc(Br)cc(F)c1C(N)=O. The molecule has 1 atom stereocenters. The van der Waals surface area contributed by atoms with Gasteiger partial charge >= 0.3 is 0 Å². The lowest BCUT2D eigenvalue weighted by Crippen LogP contribution is -2.36. The van der Waals surface area contributed by atoms with Crippen LogP contribution in [0, 0.1) is 5.82 Å². The molecule has 0 spiro atoms. The Bertz CT molecular complexity index is 483. The Morgan fingerprint density at radius 1 is 1.63 bits per heavy atom. The lowest BCUT2D eigenvalue weighted by molar-refractivity contribution is 0.0978. The van der Waals surface area contributed by atoms with Gasteiger partial charge < -0.3 is 16.2 Å². The van der Waals surface area contributed by atoms with Crippen LogP contribution in [-0.4, -0.2) is 35.2 Å². The topological polar surface area (TPSA) is 75.3 Å². The Morgan fingerprint density at radius 2 is 2.26 bits per heavy atom. The van der Waals surface area contributed by atoms with Crippen molar-refractivity contribution >= 4 is 39.3 Å². The molecule has 0 radical (unpaired) electrons. The molecule has 0 aliphatic rings. The quantitative estimate of drug-likeness (QED) is 0.735. The number of benzene rings is 1. The highest BCUT2D eigenvalue weighted by Crippen LogP contribution is 2.25. The molecule has 0 saturated heterocycles. The summed E-state index contributed by atoms with van der Waals surface area (Å²) in [5, 5.41) is 12.9. The van der Waals surface area contributed by atoms with E-state index in [1.54, 1.807) is 13.0 Å². The van der Waals surface area contributed by atoms with Crippen molar-refractivity contribution in [2.24, 2.45) is 5.73 Å². The number of amides is 1. The number of halogens is 2. The summed E-state index contributed by atoms with van der Waals surface area (Å²) in [5.74, 6) is -1.03. The molecule has 0 saturated carbocycles. The standard InChI is InChI=1S/C12H16BrFN2O2S/c1-12(18,6-19-2)5-16-9-4-7(13)3-8(14)10(9)11(15)17/h3-4,16,18H,5-6H2,1-2H3,(H2,15,17). The molecule has 4 nitrogen and oxygen atoms in total. The Kier molecular flexibility index (Phi) is 5.64. The van der Waals surface area contributed by atoms with Crippen molar-refractivity contribution in [3.05, 3.63) is 28.0 Å². The van der Waals surface area contributed by atoms with Crippen molar-refractivity contribution in [2.45, 2.75) is 12.5 Å². The van der Waals surface area contributed by atoms with E-state index in [1.807, 2.05) is 6.26 Å². The van der Waals surface area contributed by atoms with E-state index >= 15 is 0 Å². The van der Waals surface area contributed by atoms with Gasteiger partial charge in [-0.1, -0.05) is 15.9 Å². The van der Waals surface area contributed by atoms with E-state index in [2.05, 4.69) is 21.2 Å². The summed E-state index contributed by atoms with van der Waals surface area (Å²) in [4.78, 5) is 11.3. The molecule has 1 aromatic rings. The first kappa shape index (κ1) is 16.3. The molecular formula is C12H16BrFN2O2S. The van der Waals surface area contributed by atoms with Crippen molar-refractivity contribution < 1.29 is 14.3 Å². The predicted molar refractivity (Wildman–Crippen MR) is 80.1 cm³/mol. The lowest BCUT2D eigenvalue weighted by atomic mass is 10.1. The fourth-order valence-electron chi connectivity index (χ4n) is 1.61. The monoisotopic (exact) mass is 350 g/mol. The minimum atomic E-state index is -0.965. The van der Waals surface area contributed by atoms with Crippen LogP contribution in [0.5, 0.6) is 0 Å². The van der Waals surface area contributed by atoms with Crippen molar-refractivity contribution in [1.82, 2.24) is 0 Å². The van der Waals surface area contributed by atoms with Crippen LogP contribution >= 0.6 is 27.7 Å². The number of carbonyl (C=O) groups is 1. The maximum atomic E-state index is 13.7. The number of aliphatic hydroxyl groups is 1. The van der Waals surface area contributed by atoms with Gasteiger partial charge in [0, 0.05) is 16.8 Å². The highest BCUT2D eigenvalue weighted by molar-refractivity contribution is 9.10. The van der Waals surface area contributed by atoms with Crippen LogP contribution < -0.4 is 11.1 Å². The third kappa shape index (κ3) is 4.67. The van der Waals surface area contributed by atoms with Crippen molar-refractivity contribution in [1.29, 1.82) is 0 Å². The van der Waals surface area contributed by atoms with Gasteiger partial charge in [-0.3, -0.25) is 4.79 Å². The fourth-order valence-corrected chi connectivity index (χ4v) is 2.76. The number of anilines is 1. The van der Waals surface area contributed by atoms with Crippen LogP contribution in [0.3, 0.4) is 0 Å². The Morgan fingerprint density at radius 3 is 2.79 bits per heavy atom. The molecule has 1 rings (SSSR count). The highest BCUT2D eigenvalue weighted by atomic mass is 79.9. The molecule has 4 N–H and O–H groups in total. The molecule has 1 amide bonds. The predicted octanol–water partition coefficient (Wildman–Crippen LogP) is 2.21. The van der Waals surface area contributed by atoms with Crippen LogP contribution in [0.25, 0.3) is 0 Å². The molecule has 0 fully saturated rings. The maximum absolute atomic E-state index is 13.7. The summed E-state index contributed by atoms with van der Waals surface area (Å²) in [6.45, 7) is 1.85. The highest BCUT2D eigenvalue weighted by Gasteiger charge is 2.22. The number of nitrogens with two attached hydrogens (primary N) is 1. The van der Waals surface area contributed by atoms with Gasteiger partial charge in [0.1, 0.15) is 5.82 Å². The van der Waals surface area contributed by atoms with Crippen molar-refractivity contribution in [2.75, 3.05) is 23.9 Å². The summed E-state index contributed by atoms with van der Waals surface area (Å²) in [6.07, 6.45) is 1.88. The van der Waals surface area contributed by atoms with Crippen LogP contribution in [0.15, 0.2) is 16.6 Å². The van der Waals surface area contributed by atoms with Crippen LogP contribution in [-0.2, 0) is 0 Å². The van der Waals surface area contributed by atoms with Gasteiger partial charge in [0.05, 0.1) is 16.9 Å². The Labute approximate surface area is 124 Å². The summed E-state index contributed by atoms with van der Waals surface area (Å²) in [5.41, 5.74) is 4.26. The Balaban J connectivity index is 2.97. The third-order valence-electron chi connectivity index (χ3n) is 2.42. The fraction of sp³-hybridized carbons (Fsp3) is 0.417. The summed E-state index contributed by atoms with van der Waals surface area (Å²) < 4.78 is 14.2. The lowest BCUT2D eigenvalue weighted by Gasteiger charge is -2.24. The molecule has 0 aliphatic heterocycles. The van der Waals surface area contributed by atoms with E-state index in [9.17, 15) is 14.3 Å². The van der Waals surface area contributed by atoms with Crippen LogP contribution in [0.2, 0.25) is 0 Å². The second kappa shape index (κ2) is 6.58. The maximum Gasteiger partial charge on any atom is 0.253 e. The number of rotatable bonds is 6. The molecule has 1 aromatic carbocycles. The molecular weight excluding hydrogens is 335 g/mol. The molecule has 19 heavy (non-hydrogen) atoms. The first-order valence-corrected chi connectivity index (χ1v) is 7.69. The Hall–Kier alpha value is -0.790. The zero-order valence-corrected chi connectivity index (χ0v) is 13.1. The third-order valence-corrected chi connectivity index (χ3v) is 3.78. The minimum Gasteiger partial charge on any atom is -0.387 e. The normalized spacial score (nSPS) is 13.9. The second-order valence-electron chi connectivity index (χ2n) is 4.46. The van der Waals surface area contributed by atoms with Gasteiger partial charge in [0.25, 0.3) is 5.91 Å². The van der Waals surface area contributed by atoms with Crippen LogP contribution in [0.4, 0.5) is 10.1 Å². The summed E-state index contributed by atoms with van der Waals surface area (Å²) >= 11 is 4.64. The second-order valence-corrected chi connectivity index (χ2v) is 6.24. The number of nitrogens with one attached hydrogen (secondary N) is 1. The minimum absolute atomic E-state index is 0.185. The molecule has 0 heterocycles. The zero-order chi connectivity index (χ0) is 14.6. The number of thioether (sulfide) groups is 1. The summed E-state index contributed by atoms with van der Waals surface area (Å²) in [6, 6.07) is 2.73. The molecule has 0 aromatic heterocycles. The average molecular weight is 351 g/mol. The molecule has 106 valence electrons. The number of hydrogen-bond acceptors (Lipinski definition) is 4. The molecule has 7 heteroatoms. The van der Waals surface area contributed by atoms with E-state index in [4.69, 9.17) is 5.73 Å². The van der Waals surface area contributed by atoms with Crippen LogP contribution in [0.1, 0.15) is 17.3 Å². The first-order valence-electron chi connectivity index (χ1n) is 5.51. The van der Waals surface area contributed by atoms with Crippen molar-refractivity contribution in [3.63, 3.8) is 0 Å². The summed E-state index contributed by atoms with van der Waals surface area (Å²) in [7, 11) is 0. The molecule has 1 unspecified atom stereocenters.